The van der Waals surface area contributed by atoms with Gasteiger partial charge in [0.2, 0.25) is 0 Å². The first-order valence-electron chi connectivity index (χ1n) is 6.74. The zero-order valence-electron chi connectivity index (χ0n) is 13.9. The van der Waals surface area contributed by atoms with Crippen LogP contribution < -0.4 is 0 Å². The molecule has 2 radical (unpaired) electrons. The van der Waals surface area contributed by atoms with Gasteiger partial charge in [-0.15, -0.1) is 0 Å². The third-order valence-corrected chi connectivity index (χ3v) is 1.64. The number of rotatable bonds is 6. The third-order valence-electron chi connectivity index (χ3n) is 1.64. The first-order chi connectivity index (χ1) is 10.6. The SMILES string of the molecule is CC=CC=CC(=O)OCC.CC=CC=CC(=O)OCC.[C]=O.[Ru]. The maximum atomic E-state index is 10.6. The smallest absolute Gasteiger partial charge is 0.330 e. The van der Waals surface area contributed by atoms with Gasteiger partial charge in [-0.05, 0) is 27.7 Å². The monoisotopic (exact) mass is 410 g/mol. The molecule has 0 aromatic heterocycles. The van der Waals surface area contributed by atoms with Crippen molar-refractivity contribution in [3.8, 4) is 0 Å². The molecule has 0 aliphatic rings. The van der Waals surface area contributed by atoms with Gasteiger partial charge in [0.05, 0.1) is 13.2 Å². The van der Waals surface area contributed by atoms with Crippen molar-refractivity contribution in [1.82, 2.24) is 0 Å². The van der Waals surface area contributed by atoms with Gasteiger partial charge in [0.1, 0.15) is 0 Å². The van der Waals surface area contributed by atoms with Crippen LogP contribution in [0.2, 0.25) is 0 Å². The Balaban J connectivity index is -0.000000136. The molecule has 0 aliphatic carbocycles. The number of carbonyl (C=O) groups excluding carboxylic acids is 3. The molecule has 5 nitrogen and oxygen atoms in total. The minimum absolute atomic E-state index is 0. The van der Waals surface area contributed by atoms with Crippen LogP contribution in [0, 0.1) is 0 Å². The van der Waals surface area contributed by atoms with Gasteiger partial charge in [0.15, 0.2) is 0 Å². The molecule has 0 N–H and O–H groups in total. The van der Waals surface area contributed by atoms with Crippen LogP contribution in [0.1, 0.15) is 27.7 Å². The van der Waals surface area contributed by atoms with Crippen LogP contribution in [0.25, 0.3) is 0 Å². The minimum atomic E-state index is -0.291. The standard InChI is InChI=1S/2C8H12O2.CO.Ru/c2*1-3-5-6-7-8(9)10-4-2;1-2;/h2*3,5-7H,4H2,1-2H3;;. The van der Waals surface area contributed by atoms with E-state index < -0.39 is 0 Å². The Kier molecular flexibility index (Phi) is 36.1. The van der Waals surface area contributed by atoms with E-state index in [1.54, 1.807) is 38.2 Å². The summed E-state index contributed by atoms with van der Waals surface area (Å²) in [4.78, 5) is 28.6. The van der Waals surface area contributed by atoms with Gasteiger partial charge in [0.25, 0.3) is 6.79 Å². The van der Waals surface area contributed by atoms with E-state index >= 15 is 0 Å². The van der Waals surface area contributed by atoms with Crippen LogP contribution in [-0.4, -0.2) is 31.9 Å². The van der Waals surface area contributed by atoms with Crippen LogP contribution in [0.5, 0.6) is 0 Å². The minimum Gasteiger partial charge on any atom is -0.463 e. The van der Waals surface area contributed by atoms with Crippen LogP contribution in [0.4, 0.5) is 0 Å². The van der Waals surface area contributed by atoms with Gasteiger partial charge in [-0.1, -0.05) is 36.5 Å². The molecule has 0 unspecified atom stereocenters. The van der Waals surface area contributed by atoms with Gasteiger partial charge in [-0.3, -0.25) is 4.79 Å². The fraction of sp³-hybridized carbons (Fsp3) is 0.353. The maximum Gasteiger partial charge on any atom is 0.330 e. The molecule has 0 aromatic carbocycles. The van der Waals surface area contributed by atoms with E-state index in [-0.39, 0.29) is 31.4 Å². The Labute approximate surface area is 151 Å². The molecule has 6 heteroatoms. The molecule has 0 heterocycles. The van der Waals surface area contributed by atoms with E-state index in [2.05, 4.69) is 16.3 Å². The molecule has 130 valence electrons. The second-order valence-electron chi connectivity index (χ2n) is 3.27. The average molecular weight is 409 g/mol. The van der Waals surface area contributed by atoms with Gasteiger partial charge in [0, 0.05) is 31.6 Å². The number of hydrogen-bond acceptors (Lipinski definition) is 5. The summed E-state index contributed by atoms with van der Waals surface area (Å²) >= 11 is 0. The summed E-state index contributed by atoms with van der Waals surface area (Å²) in [5.41, 5.74) is 0. The summed E-state index contributed by atoms with van der Waals surface area (Å²) in [6, 6.07) is 0. The molecule has 0 saturated carbocycles. The van der Waals surface area contributed by atoms with Crippen LogP contribution in [-0.2, 0) is 43.3 Å². The summed E-state index contributed by atoms with van der Waals surface area (Å²) < 4.78 is 9.26. The fourth-order valence-corrected chi connectivity index (χ4v) is 0.871. The van der Waals surface area contributed by atoms with Gasteiger partial charge in [-0.2, -0.15) is 0 Å². The molecule has 0 atom stereocenters. The Morgan fingerprint density at radius 3 is 1.30 bits per heavy atom. The van der Waals surface area contributed by atoms with E-state index in [9.17, 15) is 9.59 Å². The van der Waals surface area contributed by atoms with Crippen molar-refractivity contribution in [3.05, 3.63) is 48.6 Å². The van der Waals surface area contributed by atoms with Crippen molar-refractivity contribution < 1.29 is 43.3 Å². The quantitative estimate of drug-likeness (QED) is 0.292. The van der Waals surface area contributed by atoms with Crippen molar-refractivity contribution in [2.75, 3.05) is 13.2 Å². The Morgan fingerprint density at radius 2 is 1.09 bits per heavy atom. The van der Waals surface area contributed by atoms with Gasteiger partial charge < -0.3 is 9.47 Å². The maximum absolute atomic E-state index is 10.6. The Morgan fingerprint density at radius 1 is 0.783 bits per heavy atom. The first kappa shape index (κ1) is 29.2. The predicted octanol–water partition coefficient (Wildman–Crippen LogP) is 2.96. The molecule has 23 heavy (non-hydrogen) atoms. The molecular formula is C17H24O5Ru. The second-order valence-corrected chi connectivity index (χ2v) is 3.27. The van der Waals surface area contributed by atoms with Crippen molar-refractivity contribution in [1.29, 1.82) is 0 Å². The van der Waals surface area contributed by atoms with E-state index in [1.807, 2.05) is 26.0 Å². The second kappa shape index (κ2) is 28.4. The predicted molar refractivity (Wildman–Crippen MR) is 86.9 cm³/mol. The normalized spacial score (nSPS) is 9.74. The van der Waals surface area contributed by atoms with E-state index in [4.69, 9.17) is 4.79 Å². The molecule has 0 bridgehead atoms. The van der Waals surface area contributed by atoms with Crippen LogP contribution in [0.3, 0.4) is 0 Å². The molecule has 0 rings (SSSR count). The fourth-order valence-electron chi connectivity index (χ4n) is 0.871. The summed E-state index contributed by atoms with van der Waals surface area (Å²) in [7, 11) is 0. The molecular weight excluding hydrogens is 385 g/mol. The van der Waals surface area contributed by atoms with Gasteiger partial charge >= 0.3 is 11.9 Å². The third kappa shape index (κ3) is 33.2. The molecule has 0 fully saturated rings. The zero-order chi connectivity index (χ0) is 17.6. The molecule has 0 aromatic rings. The summed E-state index contributed by atoms with van der Waals surface area (Å²) in [6.45, 7) is 12.7. The average Bonchev–Trinajstić information content (AvgIpc) is 2.51. The van der Waals surface area contributed by atoms with Crippen molar-refractivity contribution in [2.45, 2.75) is 27.7 Å². The number of carbonyl (C=O) groups is 2. The Bertz CT molecular complexity index is 348. The van der Waals surface area contributed by atoms with Crippen LogP contribution >= 0.6 is 0 Å². The number of esters is 2. The molecule has 0 saturated heterocycles. The van der Waals surface area contributed by atoms with E-state index in [0.717, 1.165) is 0 Å². The van der Waals surface area contributed by atoms with Crippen LogP contribution in [0.15, 0.2) is 48.6 Å². The van der Waals surface area contributed by atoms with Gasteiger partial charge in [-0.25, -0.2) is 9.59 Å². The molecule has 0 aliphatic heterocycles. The number of ether oxygens (including phenoxy) is 2. The topological polar surface area (TPSA) is 69.7 Å². The number of allylic oxidation sites excluding steroid dienone is 6. The number of hydrogen-bond donors (Lipinski definition) is 0. The molecule has 0 amide bonds. The summed E-state index contributed by atoms with van der Waals surface area (Å²) in [5, 5.41) is 0. The van der Waals surface area contributed by atoms with Crippen molar-refractivity contribution >= 4 is 18.7 Å². The first-order valence-corrected chi connectivity index (χ1v) is 6.74. The summed E-state index contributed by atoms with van der Waals surface area (Å²) in [5.74, 6) is -0.582. The zero-order valence-corrected chi connectivity index (χ0v) is 15.7. The van der Waals surface area contributed by atoms with Crippen molar-refractivity contribution in [3.63, 3.8) is 0 Å². The van der Waals surface area contributed by atoms with E-state index in [0.29, 0.717) is 13.2 Å². The molecule has 0 spiro atoms. The summed E-state index contributed by atoms with van der Waals surface area (Å²) in [6.07, 6.45) is 13.3. The van der Waals surface area contributed by atoms with E-state index in [1.165, 1.54) is 12.2 Å². The van der Waals surface area contributed by atoms with Crippen molar-refractivity contribution in [2.24, 2.45) is 0 Å². The Hall–Kier alpha value is -1.81. The largest absolute Gasteiger partial charge is 0.463 e.